The summed E-state index contributed by atoms with van der Waals surface area (Å²) >= 11 is 0. The Kier molecular flexibility index (Phi) is 7.90. The van der Waals surface area contributed by atoms with Crippen LogP contribution < -0.4 is 0 Å². The lowest BCUT2D eigenvalue weighted by molar-refractivity contribution is 0.0959. The van der Waals surface area contributed by atoms with Gasteiger partial charge in [0.2, 0.25) is 0 Å². The van der Waals surface area contributed by atoms with Crippen LogP contribution in [0.4, 0.5) is 0 Å². The van der Waals surface area contributed by atoms with E-state index in [1.807, 2.05) is 48.5 Å². The highest BCUT2D eigenvalue weighted by Gasteiger charge is 2.25. The Balaban J connectivity index is 1.34. The van der Waals surface area contributed by atoms with E-state index in [0.29, 0.717) is 6.42 Å². The molecule has 0 aliphatic rings. The third kappa shape index (κ3) is 5.34. The van der Waals surface area contributed by atoms with Crippen LogP contribution in [0.15, 0.2) is 164 Å². The zero-order chi connectivity index (χ0) is 35.2. The molecule has 0 fully saturated rings. The van der Waals surface area contributed by atoms with Gasteiger partial charge in [0.25, 0.3) is 0 Å². The molecule has 2 heterocycles. The van der Waals surface area contributed by atoms with Gasteiger partial charge in [-0.3, -0.25) is 4.79 Å². The molecule has 0 radical (unpaired) electrons. The summed E-state index contributed by atoms with van der Waals surface area (Å²) in [6, 6.07) is 55.9. The van der Waals surface area contributed by atoms with Crippen LogP contribution in [0.25, 0.3) is 65.9 Å². The molecule has 9 aromatic rings. The van der Waals surface area contributed by atoms with E-state index in [1.165, 1.54) is 27.3 Å². The molecule has 1 unspecified atom stereocenters. The van der Waals surface area contributed by atoms with E-state index in [1.54, 1.807) is 0 Å². The number of para-hydroxylation sites is 2. The number of hydrogen-bond acceptors (Lipinski definition) is 3. The molecule has 3 nitrogen and oxygen atoms in total. The first-order valence-electron chi connectivity index (χ1n) is 17.9. The van der Waals surface area contributed by atoms with Gasteiger partial charge in [-0.05, 0) is 71.5 Å². The van der Waals surface area contributed by atoms with Crippen molar-refractivity contribution >= 4 is 49.1 Å². The van der Waals surface area contributed by atoms with Crippen molar-refractivity contribution in [2.45, 2.75) is 26.2 Å². The normalized spacial score (nSPS) is 12.1. The maximum atomic E-state index is 14.3. The minimum Gasteiger partial charge on any atom is -0.293 e. The van der Waals surface area contributed by atoms with E-state index >= 15 is 0 Å². The Morgan fingerprint density at radius 3 is 1.58 bits per heavy atom. The summed E-state index contributed by atoms with van der Waals surface area (Å²) in [7, 11) is 0. The van der Waals surface area contributed by atoms with Crippen LogP contribution in [0.3, 0.4) is 0 Å². The number of ketones is 1. The number of hydrogen-bond donors (Lipinski definition) is 0. The third-order valence-corrected chi connectivity index (χ3v) is 10.6. The van der Waals surface area contributed by atoms with Crippen molar-refractivity contribution in [3.05, 3.63) is 192 Å². The third-order valence-electron chi connectivity index (χ3n) is 10.6. The van der Waals surface area contributed by atoms with Crippen LogP contribution in [0, 0.1) is 13.8 Å². The van der Waals surface area contributed by atoms with Gasteiger partial charge >= 0.3 is 0 Å². The van der Waals surface area contributed by atoms with Gasteiger partial charge in [0, 0.05) is 38.2 Å². The number of aryl methyl sites for hydroxylation is 2. The van der Waals surface area contributed by atoms with Crippen LogP contribution >= 0.6 is 0 Å². The number of Topliss-reactive ketones (excluding diaryl/α,β-unsaturated/α-hetero) is 1. The standard InChI is InChI=1S/C49H36N2O/c1-31-44-39-26-13-15-28-42(39)51-48(46(44)32(2)43-38-25-12-14-27-41(38)50-47(45(31)43)34-19-8-4-9-20-34)37-24-16-23-36(30-37)40(29-33-17-6-3-7-18-33)49(52)35-21-10-5-11-22-35/h3-28,30,40H,29H2,1-2H3. The van der Waals surface area contributed by atoms with Crippen LogP contribution in [0.5, 0.6) is 0 Å². The van der Waals surface area contributed by atoms with E-state index in [9.17, 15) is 4.79 Å². The summed E-state index contributed by atoms with van der Waals surface area (Å²) < 4.78 is 0. The number of carbonyl (C=O) groups excluding carboxylic acids is 1. The van der Waals surface area contributed by atoms with E-state index in [2.05, 4.69) is 129 Å². The first-order valence-corrected chi connectivity index (χ1v) is 17.9. The fraction of sp³-hybridized carbons (Fsp3) is 0.0816. The molecule has 52 heavy (non-hydrogen) atoms. The highest BCUT2D eigenvalue weighted by molar-refractivity contribution is 6.25. The molecular weight excluding hydrogens is 633 g/mol. The van der Waals surface area contributed by atoms with Crippen LogP contribution in [0.2, 0.25) is 0 Å². The number of pyridine rings is 2. The summed E-state index contributed by atoms with van der Waals surface area (Å²) in [6.45, 7) is 4.49. The average Bonchev–Trinajstić information content (AvgIpc) is 3.21. The molecule has 0 saturated carbocycles. The van der Waals surface area contributed by atoms with Crippen molar-refractivity contribution in [3.63, 3.8) is 0 Å². The van der Waals surface area contributed by atoms with E-state index in [-0.39, 0.29) is 11.7 Å². The molecule has 3 heteroatoms. The predicted octanol–water partition coefficient (Wildman–Crippen LogP) is 12.2. The summed E-state index contributed by atoms with van der Waals surface area (Å²) in [5, 5.41) is 6.93. The fourth-order valence-corrected chi connectivity index (χ4v) is 8.11. The molecule has 248 valence electrons. The second kappa shape index (κ2) is 13.0. The Morgan fingerprint density at radius 1 is 0.500 bits per heavy atom. The van der Waals surface area contributed by atoms with Crippen molar-refractivity contribution in [3.8, 4) is 22.5 Å². The quantitative estimate of drug-likeness (QED) is 0.0964. The van der Waals surface area contributed by atoms with Crippen molar-refractivity contribution in [1.29, 1.82) is 0 Å². The first-order chi connectivity index (χ1) is 25.6. The minimum absolute atomic E-state index is 0.114. The van der Waals surface area contributed by atoms with Gasteiger partial charge in [-0.1, -0.05) is 146 Å². The fourth-order valence-electron chi connectivity index (χ4n) is 8.11. The molecular formula is C49H36N2O. The minimum atomic E-state index is -0.358. The van der Waals surface area contributed by atoms with Crippen LogP contribution in [0.1, 0.15) is 38.5 Å². The maximum Gasteiger partial charge on any atom is 0.170 e. The second-order valence-electron chi connectivity index (χ2n) is 13.7. The van der Waals surface area contributed by atoms with Gasteiger partial charge in [-0.15, -0.1) is 0 Å². The zero-order valence-corrected chi connectivity index (χ0v) is 29.2. The molecule has 0 aliphatic carbocycles. The summed E-state index contributed by atoms with van der Waals surface area (Å²) in [5.41, 5.74) is 11.1. The lowest BCUT2D eigenvalue weighted by Gasteiger charge is -2.21. The smallest absolute Gasteiger partial charge is 0.170 e. The van der Waals surface area contributed by atoms with E-state index in [0.717, 1.165) is 66.4 Å². The zero-order valence-electron chi connectivity index (χ0n) is 29.2. The van der Waals surface area contributed by atoms with Crippen LogP contribution in [-0.4, -0.2) is 15.8 Å². The number of fused-ring (bicyclic) bond motifs is 6. The van der Waals surface area contributed by atoms with Gasteiger partial charge in [0.15, 0.2) is 5.78 Å². The molecule has 9 rings (SSSR count). The van der Waals surface area contributed by atoms with Gasteiger partial charge < -0.3 is 0 Å². The lowest BCUT2D eigenvalue weighted by atomic mass is 9.83. The van der Waals surface area contributed by atoms with E-state index < -0.39 is 0 Å². The highest BCUT2D eigenvalue weighted by Crippen LogP contribution is 2.45. The molecule has 0 bridgehead atoms. The number of carbonyl (C=O) groups is 1. The Morgan fingerprint density at radius 2 is 0.981 bits per heavy atom. The summed E-state index contributed by atoms with van der Waals surface area (Å²) in [4.78, 5) is 25.0. The summed E-state index contributed by atoms with van der Waals surface area (Å²) in [5.74, 6) is -0.244. The number of aromatic nitrogens is 2. The molecule has 0 aliphatic heterocycles. The van der Waals surface area contributed by atoms with Crippen molar-refractivity contribution in [1.82, 2.24) is 9.97 Å². The first kappa shape index (κ1) is 31.5. The predicted molar refractivity (Wildman–Crippen MR) is 216 cm³/mol. The maximum absolute atomic E-state index is 14.3. The van der Waals surface area contributed by atoms with Crippen LogP contribution in [-0.2, 0) is 6.42 Å². The van der Waals surface area contributed by atoms with Crippen molar-refractivity contribution in [2.24, 2.45) is 0 Å². The van der Waals surface area contributed by atoms with Gasteiger partial charge in [0.1, 0.15) is 0 Å². The van der Waals surface area contributed by atoms with Gasteiger partial charge in [-0.25, -0.2) is 9.97 Å². The van der Waals surface area contributed by atoms with E-state index in [4.69, 9.17) is 9.97 Å². The molecule has 7 aromatic carbocycles. The topological polar surface area (TPSA) is 42.9 Å². The number of rotatable bonds is 7. The Labute approximate surface area is 303 Å². The molecule has 0 N–H and O–H groups in total. The van der Waals surface area contributed by atoms with Crippen molar-refractivity contribution in [2.75, 3.05) is 0 Å². The Hall–Kier alpha value is -6.45. The lowest BCUT2D eigenvalue weighted by Crippen LogP contribution is -2.16. The molecule has 2 aromatic heterocycles. The highest BCUT2D eigenvalue weighted by atomic mass is 16.1. The molecule has 0 amide bonds. The molecule has 0 spiro atoms. The SMILES string of the molecule is Cc1c2c(-c3cccc(C(Cc4ccccc4)C(=O)c4ccccc4)c3)nc3ccccc3c2c(C)c2c(-c3ccccc3)nc3ccccc3c12. The monoisotopic (exact) mass is 668 g/mol. The largest absolute Gasteiger partial charge is 0.293 e. The van der Waals surface area contributed by atoms with Gasteiger partial charge in [0.05, 0.1) is 28.3 Å². The average molecular weight is 669 g/mol. The number of benzene rings is 7. The van der Waals surface area contributed by atoms with Gasteiger partial charge in [-0.2, -0.15) is 0 Å². The second-order valence-corrected chi connectivity index (χ2v) is 13.7. The number of nitrogens with zero attached hydrogens (tertiary/aromatic N) is 2. The van der Waals surface area contributed by atoms with Crippen molar-refractivity contribution < 1.29 is 4.79 Å². The molecule has 1 atom stereocenters. The Bertz CT molecular complexity index is 2790. The molecule has 0 saturated heterocycles. The summed E-state index contributed by atoms with van der Waals surface area (Å²) in [6.07, 6.45) is 0.605.